The van der Waals surface area contributed by atoms with Gasteiger partial charge in [0.25, 0.3) is 0 Å². The molecule has 0 unspecified atom stereocenters. The summed E-state index contributed by atoms with van der Waals surface area (Å²) in [7, 11) is 1.10. The number of hydrogen-bond donors (Lipinski definition) is 1. The molecule has 0 spiro atoms. The van der Waals surface area contributed by atoms with E-state index in [1.807, 2.05) is 18.2 Å². The second-order valence-corrected chi connectivity index (χ2v) is 9.28. The highest BCUT2D eigenvalue weighted by Crippen LogP contribution is 2.29. The molecule has 3 heterocycles. The molecule has 0 saturated carbocycles. The molecule has 0 atom stereocenters. The van der Waals surface area contributed by atoms with E-state index >= 15 is 0 Å². The summed E-state index contributed by atoms with van der Waals surface area (Å²) in [6, 6.07) is 12.9. The van der Waals surface area contributed by atoms with Crippen molar-refractivity contribution in [1.29, 1.82) is 5.26 Å². The Morgan fingerprint density at radius 1 is 1.13 bits per heavy atom. The molecule has 2 aromatic carbocycles. The normalized spacial score (nSPS) is 14.3. The topological polar surface area (TPSA) is 104 Å². The average Bonchev–Trinajstić information content (AvgIpc) is 3.37. The molecule has 0 aliphatic carbocycles. The Kier molecular flexibility index (Phi) is 7.47. The van der Waals surface area contributed by atoms with Crippen molar-refractivity contribution in [1.82, 2.24) is 19.9 Å². The lowest BCUT2D eigenvalue weighted by Crippen LogP contribution is -2.33. The van der Waals surface area contributed by atoms with Crippen LogP contribution in [0.2, 0.25) is 0 Å². The summed E-state index contributed by atoms with van der Waals surface area (Å²) in [4.78, 5) is 25.7. The largest absolute Gasteiger partial charge is 0.473 e. The maximum Gasteiger partial charge on any atom is 0.341 e. The lowest BCUT2D eigenvalue weighted by Gasteiger charge is -2.31. The molecule has 200 valence electrons. The molecule has 39 heavy (non-hydrogen) atoms. The number of halogens is 3. The minimum atomic E-state index is -1.28. The van der Waals surface area contributed by atoms with Crippen molar-refractivity contribution in [3.8, 4) is 11.9 Å². The molecule has 11 heteroatoms. The number of benzene rings is 2. The Morgan fingerprint density at radius 2 is 1.92 bits per heavy atom. The molecule has 1 aliphatic heterocycles. The molecule has 1 fully saturated rings. The molecule has 5 rings (SSSR count). The number of pyridine rings is 1. The first-order valence-electron chi connectivity index (χ1n) is 12.3. The van der Waals surface area contributed by atoms with Gasteiger partial charge < -0.3 is 14.5 Å². The maximum atomic E-state index is 14.5. The van der Waals surface area contributed by atoms with Crippen molar-refractivity contribution in [3.05, 3.63) is 88.1 Å². The highest BCUT2D eigenvalue weighted by Gasteiger charge is 2.25. The van der Waals surface area contributed by atoms with E-state index in [9.17, 15) is 18.0 Å². The van der Waals surface area contributed by atoms with Gasteiger partial charge in [-0.3, -0.25) is 4.90 Å². The number of nitrogens with one attached hydrogen (secondary N) is 1. The van der Waals surface area contributed by atoms with Gasteiger partial charge in [-0.15, -0.1) is 0 Å². The van der Waals surface area contributed by atoms with E-state index in [1.54, 1.807) is 12.1 Å². The molecule has 1 N–H and O–H groups in total. The molecule has 2 aromatic heterocycles. The Hall–Kier alpha value is -4.43. The van der Waals surface area contributed by atoms with Crippen LogP contribution in [0.25, 0.3) is 11.0 Å². The van der Waals surface area contributed by atoms with E-state index in [1.165, 1.54) is 18.2 Å². The van der Waals surface area contributed by atoms with Crippen molar-refractivity contribution in [2.45, 2.75) is 31.9 Å². The number of piperidine rings is 1. The number of ether oxygens (including phenoxy) is 2. The highest BCUT2D eigenvalue weighted by molar-refractivity contribution is 5.94. The number of nitriles is 1. The number of fused-ring (bicyclic) bond motifs is 1. The van der Waals surface area contributed by atoms with Crippen LogP contribution in [-0.2, 0) is 17.9 Å². The first-order valence-corrected chi connectivity index (χ1v) is 12.3. The number of carbonyl (C=O) groups is 1. The van der Waals surface area contributed by atoms with Crippen molar-refractivity contribution in [2.75, 3.05) is 20.2 Å². The Bertz CT molecular complexity index is 1570. The van der Waals surface area contributed by atoms with E-state index in [-0.39, 0.29) is 29.1 Å². The number of aromatic amines is 1. The molecular weight excluding hydrogens is 511 g/mol. The summed E-state index contributed by atoms with van der Waals surface area (Å²) in [6.07, 6.45) is 1.63. The fourth-order valence-electron chi connectivity index (χ4n) is 4.70. The molecule has 0 radical (unpaired) electrons. The second-order valence-electron chi connectivity index (χ2n) is 9.28. The summed E-state index contributed by atoms with van der Waals surface area (Å²) in [5.74, 6) is -2.89. The van der Waals surface area contributed by atoms with Crippen LogP contribution in [0.5, 0.6) is 5.88 Å². The number of likely N-dealkylation sites (tertiary alicyclic amines) is 1. The van der Waals surface area contributed by atoms with Crippen LogP contribution < -0.4 is 4.74 Å². The van der Waals surface area contributed by atoms with Gasteiger partial charge >= 0.3 is 5.97 Å². The number of rotatable bonds is 7. The summed E-state index contributed by atoms with van der Waals surface area (Å²) in [6.45, 7) is 1.86. The van der Waals surface area contributed by atoms with Gasteiger partial charge in [-0.05, 0) is 50.2 Å². The Balaban J connectivity index is 1.20. The number of esters is 1. The standard InChI is InChI=1S/C28H24F3N5O3/c1-38-28(37)19-12-22-27(26(31)25(19)30)35-23(33-22)14-36-9-7-17(8-10-36)21-3-2-4-24(34-21)39-15-18-6-5-16(13-32)11-20(18)29/h2-6,11-12,17H,7-10,14-15H2,1H3,(H,33,35). The molecule has 0 bridgehead atoms. The van der Waals surface area contributed by atoms with Crippen molar-refractivity contribution in [3.63, 3.8) is 0 Å². The van der Waals surface area contributed by atoms with Gasteiger partial charge in [-0.2, -0.15) is 5.26 Å². The smallest absolute Gasteiger partial charge is 0.341 e. The lowest BCUT2D eigenvalue weighted by molar-refractivity contribution is 0.0594. The molecule has 1 saturated heterocycles. The third-order valence-corrected chi connectivity index (χ3v) is 6.79. The minimum Gasteiger partial charge on any atom is -0.473 e. The van der Waals surface area contributed by atoms with Crippen molar-refractivity contribution < 1.29 is 27.4 Å². The number of carbonyl (C=O) groups excluding carboxylic acids is 1. The van der Waals surface area contributed by atoms with Crippen molar-refractivity contribution >= 4 is 17.0 Å². The predicted octanol–water partition coefficient (Wildman–Crippen LogP) is 4.99. The fraction of sp³-hybridized carbons (Fsp3) is 0.286. The van der Waals surface area contributed by atoms with Gasteiger partial charge in [0.05, 0.1) is 30.8 Å². The lowest BCUT2D eigenvalue weighted by atomic mass is 9.93. The molecule has 1 aliphatic rings. The predicted molar refractivity (Wildman–Crippen MR) is 134 cm³/mol. The van der Waals surface area contributed by atoms with Crippen LogP contribution in [0.15, 0.2) is 42.5 Å². The van der Waals surface area contributed by atoms with E-state index in [2.05, 4.69) is 24.6 Å². The number of methoxy groups -OCH3 is 1. The third-order valence-electron chi connectivity index (χ3n) is 6.79. The molecule has 0 amide bonds. The van der Waals surface area contributed by atoms with Gasteiger partial charge in [0.2, 0.25) is 5.88 Å². The van der Waals surface area contributed by atoms with E-state index in [4.69, 9.17) is 10.00 Å². The summed E-state index contributed by atoms with van der Waals surface area (Å²) in [5, 5.41) is 8.88. The quantitative estimate of drug-likeness (QED) is 0.333. The average molecular weight is 536 g/mol. The number of imidazole rings is 1. The van der Waals surface area contributed by atoms with Crippen molar-refractivity contribution in [2.24, 2.45) is 0 Å². The second kappa shape index (κ2) is 11.1. The first kappa shape index (κ1) is 26.2. The van der Waals surface area contributed by atoms with E-state index in [0.29, 0.717) is 23.8 Å². The van der Waals surface area contributed by atoms with Gasteiger partial charge in [-0.25, -0.2) is 27.9 Å². The highest BCUT2D eigenvalue weighted by atomic mass is 19.2. The van der Waals surface area contributed by atoms with Crippen LogP contribution in [0.3, 0.4) is 0 Å². The summed E-state index contributed by atoms with van der Waals surface area (Å²) < 4.78 is 53.1. The van der Waals surface area contributed by atoms with Gasteiger partial charge in [-0.1, -0.05) is 12.1 Å². The molecular formula is C28H24F3N5O3. The summed E-state index contributed by atoms with van der Waals surface area (Å²) in [5.41, 5.74) is 1.04. The van der Waals surface area contributed by atoms with Crippen LogP contribution in [0.1, 0.15) is 51.8 Å². The number of nitrogens with zero attached hydrogens (tertiary/aromatic N) is 4. The minimum absolute atomic E-state index is 0.00441. The van der Waals surface area contributed by atoms with Crippen LogP contribution in [0, 0.1) is 28.8 Å². The monoisotopic (exact) mass is 535 g/mol. The zero-order chi connectivity index (χ0) is 27.5. The van der Waals surface area contributed by atoms with Crippen LogP contribution in [-0.4, -0.2) is 46.0 Å². The third kappa shape index (κ3) is 5.56. The fourth-order valence-corrected chi connectivity index (χ4v) is 4.70. The molecule has 4 aromatic rings. The van der Waals surface area contributed by atoms with Crippen LogP contribution >= 0.6 is 0 Å². The zero-order valence-electron chi connectivity index (χ0n) is 21.0. The number of hydrogen-bond acceptors (Lipinski definition) is 7. The maximum absolute atomic E-state index is 14.5. The van der Waals surface area contributed by atoms with E-state index < -0.39 is 29.0 Å². The zero-order valence-corrected chi connectivity index (χ0v) is 21.0. The number of aromatic nitrogens is 3. The van der Waals surface area contributed by atoms with Gasteiger partial charge in [0.15, 0.2) is 11.6 Å². The Morgan fingerprint density at radius 3 is 2.64 bits per heavy atom. The number of H-pyrrole nitrogens is 1. The van der Waals surface area contributed by atoms with Crippen LogP contribution in [0.4, 0.5) is 13.2 Å². The van der Waals surface area contributed by atoms with Gasteiger partial charge in [0.1, 0.15) is 29.3 Å². The van der Waals surface area contributed by atoms with E-state index in [0.717, 1.165) is 38.7 Å². The molecule has 8 nitrogen and oxygen atoms in total. The first-order chi connectivity index (χ1) is 18.9. The SMILES string of the molecule is COC(=O)c1cc2[nH]c(CN3CCC(c4cccc(OCc5ccc(C#N)cc5F)n4)CC3)nc2c(F)c1F. The Labute approximate surface area is 222 Å². The summed E-state index contributed by atoms with van der Waals surface area (Å²) >= 11 is 0. The van der Waals surface area contributed by atoms with Gasteiger partial charge in [0, 0.05) is 23.2 Å².